The summed E-state index contributed by atoms with van der Waals surface area (Å²) in [5.41, 5.74) is 1.90. The molecule has 6 nitrogen and oxygen atoms in total. The second kappa shape index (κ2) is 6.45. The van der Waals surface area contributed by atoms with E-state index >= 15 is 0 Å². The van der Waals surface area contributed by atoms with Crippen LogP contribution in [0.4, 0.5) is 11.4 Å². The van der Waals surface area contributed by atoms with E-state index in [-0.39, 0.29) is 11.5 Å². The van der Waals surface area contributed by atoms with Gasteiger partial charge in [0, 0.05) is 11.8 Å². The summed E-state index contributed by atoms with van der Waals surface area (Å²) >= 11 is 0. The molecule has 0 atom stereocenters. The Morgan fingerprint density at radius 1 is 1.17 bits per heavy atom. The maximum Gasteiger partial charge on any atom is 0.337 e. The average Bonchev–Trinajstić information content (AvgIpc) is 2.95. The number of nitrogens with one attached hydrogen (secondary N) is 1. The molecule has 0 aliphatic carbocycles. The molecule has 2 aromatic carbocycles. The molecule has 2 N–H and O–H groups in total. The highest BCUT2D eigenvalue weighted by Gasteiger charge is 2.25. The number of hydrogen-bond acceptors (Lipinski definition) is 4. The van der Waals surface area contributed by atoms with Crippen molar-refractivity contribution in [2.24, 2.45) is 0 Å². The molecule has 0 fully saturated rings. The highest BCUT2D eigenvalue weighted by atomic mass is 16.5. The highest BCUT2D eigenvalue weighted by Crippen LogP contribution is 2.31. The molecule has 2 aromatic rings. The number of hydrogen-bond donors (Lipinski definition) is 2. The van der Waals surface area contributed by atoms with Gasteiger partial charge < -0.3 is 15.2 Å². The molecule has 0 spiro atoms. The van der Waals surface area contributed by atoms with Gasteiger partial charge in [0.15, 0.2) is 0 Å². The summed E-state index contributed by atoms with van der Waals surface area (Å²) in [5.74, 6) is -0.606. The van der Waals surface area contributed by atoms with Gasteiger partial charge in [-0.05, 0) is 24.3 Å². The van der Waals surface area contributed by atoms with Gasteiger partial charge in [0.25, 0.3) is 5.91 Å². The lowest BCUT2D eigenvalue weighted by Gasteiger charge is -2.20. The predicted molar refractivity (Wildman–Crippen MR) is 90.5 cm³/mol. The molecule has 1 aliphatic rings. The number of anilines is 2. The molecule has 0 bridgehead atoms. The SMILES string of the molecule is COc1ccccc1N1CC(Nc2ccccc2C(=O)O)=CC1=O. The lowest BCUT2D eigenvalue weighted by atomic mass is 10.1. The van der Waals surface area contributed by atoms with Gasteiger partial charge in [-0.2, -0.15) is 0 Å². The molecule has 6 heteroatoms. The van der Waals surface area contributed by atoms with E-state index in [1.807, 2.05) is 12.1 Å². The molecule has 1 amide bonds. The third kappa shape index (κ3) is 2.94. The number of para-hydroxylation sites is 3. The van der Waals surface area contributed by atoms with Gasteiger partial charge >= 0.3 is 5.97 Å². The van der Waals surface area contributed by atoms with Gasteiger partial charge in [-0.3, -0.25) is 9.69 Å². The number of amides is 1. The van der Waals surface area contributed by atoms with Crippen LogP contribution >= 0.6 is 0 Å². The normalized spacial score (nSPS) is 13.6. The number of carboxylic acid groups (broad SMARTS) is 1. The van der Waals surface area contributed by atoms with Gasteiger partial charge in [0.2, 0.25) is 0 Å². The van der Waals surface area contributed by atoms with Crippen molar-refractivity contribution in [3.8, 4) is 5.75 Å². The predicted octanol–water partition coefficient (Wildman–Crippen LogP) is 2.74. The number of carbonyl (C=O) groups excluding carboxylic acids is 1. The number of carboxylic acids is 1. The highest BCUT2D eigenvalue weighted by molar-refractivity contribution is 6.06. The van der Waals surface area contributed by atoms with Crippen LogP contribution in [-0.4, -0.2) is 30.6 Å². The quantitative estimate of drug-likeness (QED) is 0.884. The summed E-state index contributed by atoms with van der Waals surface area (Å²) in [6, 6.07) is 13.8. The lowest BCUT2D eigenvalue weighted by Crippen LogP contribution is -2.26. The van der Waals surface area contributed by atoms with Gasteiger partial charge in [0.05, 0.1) is 30.6 Å². The molecule has 24 heavy (non-hydrogen) atoms. The smallest absolute Gasteiger partial charge is 0.337 e. The summed E-state index contributed by atoms with van der Waals surface area (Å²) in [6.45, 7) is 0.313. The Kier molecular flexibility index (Phi) is 4.20. The van der Waals surface area contributed by atoms with Crippen molar-refractivity contribution in [2.75, 3.05) is 23.9 Å². The Labute approximate surface area is 139 Å². The van der Waals surface area contributed by atoms with Crippen LogP contribution in [0.3, 0.4) is 0 Å². The van der Waals surface area contributed by atoms with Gasteiger partial charge in [-0.1, -0.05) is 24.3 Å². The van der Waals surface area contributed by atoms with Crippen LogP contribution in [0.15, 0.2) is 60.3 Å². The van der Waals surface area contributed by atoms with Gasteiger partial charge in [-0.15, -0.1) is 0 Å². The summed E-state index contributed by atoms with van der Waals surface area (Å²) in [4.78, 5) is 25.1. The van der Waals surface area contributed by atoms with E-state index < -0.39 is 5.97 Å². The van der Waals surface area contributed by atoms with E-state index in [1.54, 1.807) is 42.3 Å². The monoisotopic (exact) mass is 324 g/mol. The average molecular weight is 324 g/mol. The van der Waals surface area contributed by atoms with E-state index in [0.717, 1.165) is 0 Å². The molecule has 0 saturated carbocycles. The van der Waals surface area contributed by atoms with E-state index in [4.69, 9.17) is 4.74 Å². The number of aromatic carboxylic acids is 1. The number of carbonyl (C=O) groups is 2. The van der Waals surface area contributed by atoms with Crippen LogP contribution in [0.25, 0.3) is 0 Å². The van der Waals surface area contributed by atoms with Crippen molar-refractivity contribution in [3.63, 3.8) is 0 Å². The first-order chi connectivity index (χ1) is 11.6. The second-order valence-corrected chi connectivity index (χ2v) is 5.24. The Balaban J connectivity index is 1.83. The van der Waals surface area contributed by atoms with Crippen LogP contribution in [-0.2, 0) is 4.79 Å². The minimum absolute atomic E-state index is 0.154. The molecule has 1 heterocycles. The minimum atomic E-state index is -1.02. The van der Waals surface area contributed by atoms with E-state index in [2.05, 4.69) is 5.32 Å². The summed E-state index contributed by atoms with van der Waals surface area (Å²) in [5, 5.41) is 12.3. The van der Waals surface area contributed by atoms with Crippen LogP contribution in [0, 0.1) is 0 Å². The number of nitrogens with zero attached hydrogens (tertiary/aromatic N) is 1. The first kappa shape index (κ1) is 15.6. The first-order valence-corrected chi connectivity index (χ1v) is 7.34. The van der Waals surface area contributed by atoms with Crippen LogP contribution in [0.2, 0.25) is 0 Å². The Bertz CT molecular complexity index is 829. The van der Waals surface area contributed by atoms with E-state index in [1.165, 1.54) is 12.1 Å². The van der Waals surface area contributed by atoms with Crippen LogP contribution in [0.1, 0.15) is 10.4 Å². The van der Waals surface area contributed by atoms with Crippen molar-refractivity contribution in [1.29, 1.82) is 0 Å². The number of methoxy groups -OCH3 is 1. The molecular formula is C18H16N2O4. The fourth-order valence-corrected chi connectivity index (χ4v) is 2.60. The molecule has 0 saturated heterocycles. The van der Waals surface area contributed by atoms with Crippen LogP contribution in [0.5, 0.6) is 5.75 Å². The molecule has 0 aromatic heterocycles. The third-order valence-electron chi connectivity index (χ3n) is 3.72. The molecule has 3 rings (SSSR count). The fraction of sp³-hybridized carbons (Fsp3) is 0.111. The van der Waals surface area contributed by atoms with Gasteiger partial charge in [0.1, 0.15) is 5.75 Å². The van der Waals surface area contributed by atoms with Crippen molar-refractivity contribution < 1.29 is 19.4 Å². The molecule has 122 valence electrons. The standard InChI is InChI=1S/C18H16N2O4/c1-24-16-9-5-4-8-15(16)20-11-12(10-17(20)21)19-14-7-3-2-6-13(14)18(22)23/h2-10,19H,11H2,1H3,(H,22,23). The zero-order chi connectivity index (χ0) is 17.1. The zero-order valence-electron chi connectivity index (χ0n) is 13.0. The van der Waals surface area contributed by atoms with E-state index in [9.17, 15) is 14.7 Å². The van der Waals surface area contributed by atoms with Crippen molar-refractivity contribution in [3.05, 3.63) is 65.9 Å². The third-order valence-corrected chi connectivity index (χ3v) is 3.72. The largest absolute Gasteiger partial charge is 0.495 e. The molecular weight excluding hydrogens is 308 g/mol. The zero-order valence-corrected chi connectivity index (χ0v) is 13.0. The topological polar surface area (TPSA) is 78.9 Å². The van der Waals surface area contributed by atoms with E-state index in [0.29, 0.717) is 29.4 Å². The van der Waals surface area contributed by atoms with Crippen molar-refractivity contribution >= 4 is 23.3 Å². The Morgan fingerprint density at radius 2 is 1.88 bits per heavy atom. The van der Waals surface area contributed by atoms with Crippen LogP contribution < -0.4 is 15.0 Å². The number of benzene rings is 2. The van der Waals surface area contributed by atoms with Crippen molar-refractivity contribution in [1.82, 2.24) is 0 Å². The molecule has 0 radical (unpaired) electrons. The minimum Gasteiger partial charge on any atom is -0.495 e. The summed E-state index contributed by atoms with van der Waals surface area (Å²) in [7, 11) is 1.55. The van der Waals surface area contributed by atoms with Gasteiger partial charge in [-0.25, -0.2) is 4.79 Å². The van der Waals surface area contributed by atoms with Crippen molar-refractivity contribution in [2.45, 2.75) is 0 Å². The maximum absolute atomic E-state index is 12.3. The number of rotatable bonds is 5. The second-order valence-electron chi connectivity index (χ2n) is 5.24. The fourth-order valence-electron chi connectivity index (χ4n) is 2.60. The summed E-state index contributed by atoms with van der Waals surface area (Å²) in [6.07, 6.45) is 1.46. The molecule has 0 unspecified atom stereocenters. The maximum atomic E-state index is 12.3. The lowest BCUT2D eigenvalue weighted by molar-refractivity contribution is -0.113. The Morgan fingerprint density at radius 3 is 2.62 bits per heavy atom. The molecule has 1 aliphatic heterocycles. The first-order valence-electron chi connectivity index (χ1n) is 7.34. The number of ether oxygens (including phenoxy) is 1. The summed E-state index contributed by atoms with van der Waals surface area (Å²) < 4.78 is 5.30. The Hall–Kier alpha value is -3.28.